The molecule has 2 aromatic rings. The lowest BCUT2D eigenvalue weighted by atomic mass is 9.97. The Morgan fingerprint density at radius 2 is 1.58 bits per heavy atom. The van der Waals surface area contributed by atoms with Gasteiger partial charge in [0.25, 0.3) is 0 Å². The minimum atomic E-state index is -1.20. The quantitative estimate of drug-likeness (QED) is 0.710. The smallest absolute Gasteiger partial charge is 0.242 e. The highest BCUT2D eigenvalue weighted by molar-refractivity contribution is 6.23. The number of hydrogen-bond donors (Lipinski definition) is 1. The Labute approximate surface area is 183 Å². The maximum Gasteiger partial charge on any atom is 0.242 e. The standard InChI is InChI=1S/C24H30N4O3/c1-17-8-9-18(2)28(17)15-12-26-10-13-27(14-11-26)24(31)21-22(29)20(25-23(21)30)16-19-6-4-3-5-7-19/h3-9,20-21H,10-16H2,1-2H3,(H,25,30). The molecule has 31 heavy (non-hydrogen) atoms. The zero-order valence-corrected chi connectivity index (χ0v) is 18.2. The maximum atomic E-state index is 13.0. The van der Waals surface area contributed by atoms with E-state index in [9.17, 15) is 14.4 Å². The van der Waals surface area contributed by atoms with Crippen LogP contribution in [0.1, 0.15) is 17.0 Å². The van der Waals surface area contributed by atoms with E-state index in [1.165, 1.54) is 11.4 Å². The minimum absolute atomic E-state index is 0.306. The maximum absolute atomic E-state index is 13.0. The number of Topliss-reactive ketones (excluding diaryl/α,β-unsaturated/α-hetero) is 1. The summed E-state index contributed by atoms with van der Waals surface area (Å²) in [5.74, 6) is -2.32. The number of carbonyl (C=O) groups is 3. The topological polar surface area (TPSA) is 74.7 Å². The van der Waals surface area contributed by atoms with Crippen molar-refractivity contribution in [2.45, 2.75) is 32.9 Å². The summed E-state index contributed by atoms with van der Waals surface area (Å²) in [6.07, 6.45) is 0.418. The predicted octanol–water partition coefficient (Wildman–Crippen LogP) is 1.18. The lowest BCUT2D eigenvalue weighted by Crippen LogP contribution is -2.52. The van der Waals surface area contributed by atoms with Gasteiger partial charge in [-0.25, -0.2) is 0 Å². The van der Waals surface area contributed by atoms with Crippen molar-refractivity contribution in [1.82, 2.24) is 19.7 Å². The SMILES string of the molecule is Cc1ccc(C)n1CCN1CCN(C(=O)C2C(=O)NC(Cc3ccccc3)C2=O)CC1. The molecule has 164 valence electrons. The van der Waals surface area contributed by atoms with Crippen molar-refractivity contribution in [3.05, 3.63) is 59.4 Å². The molecule has 7 nitrogen and oxygen atoms in total. The van der Waals surface area contributed by atoms with Crippen molar-refractivity contribution in [2.75, 3.05) is 32.7 Å². The van der Waals surface area contributed by atoms with Gasteiger partial charge in [-0.2, -0.15) is 0 Å². The van der Waals surface area contributed by atoms with E-state index in [1.807, 2.05) is 30.3 Å². The lowest BCUT2D eigenvalue weighted by molar-refractivity contribution is -0.145. The number of nitrogens with zero attached hydrogens (tertiary/aromatic N) is 3. The molecule has 2 saturated heterocycles. The summed E-state index contributed by atoms with van der Waals surface area (Å²) in [4.78, 5) is 42.2. The van der Waals surface area contributed by atoms with Gasteiger partial charge in [0.15, 0.2) is 11.7 Å². The van der Waals surface area contributed by atoms with Crippen molar-refractivity contribution >= 4 is 17.6 Å². The third kappa shape index (κ3) is 4.56. The fourth-order valence-electron chi connectivity index (χ4n) is 4.56. The number of rotatable bonds is 6. The van der Waals surface area contributed by atoms with Crippen LogP contribution in [0, 0.1) is 19.8 Å². The zero-order chi connectivity index (χ0) is 22.0. The molecule has 1 aromatic carbocycles. The molecule has 0 radical (unpaired) electrons. The fourth-order valence-corrected chi connectivity index (χ4v) is 4.56. The van der Waals surface area contributed by atoms with Crippen LogP contribution in [0.3, 0.4) is 0 Å². The summed E-state index contributed by atoms with van der Waals surface area (Å²) in [7, 11) is 0. The molecule has 2 fully saturated rings. The number of ketones is 1. The van der Waals surface area contributed by atoms with Gasteiger partial charge in [-0.1, -0.05) is 30.3 Å². The second kappa shape index (κ2) is 9.06. The Balaban J connectivity index is 1.30. The number of piperazine rings is 1. The number of hydrogen-bond acceptors (Lipinski definition) is 4. The number of aromatic nitrogens is 1. The van der Waals surface area contributed by atoms with Crippen LogP contribution in [0.2, 0.25) is 0 Å². The molecule has 7 heteroatoms. The van der Waals surface area contributed by atoms with Gasteiger partial charge in [0.05, 0.1) is 6.04 Å². The Morgan fingerprint density at radius 3 is 2.23 bits per heavy atom. The van der Waals surface area contributed by atoms with Gasteiger partial charge in [-0.3, -0.25) is 19.3 Å². The van der Waals surface area contributed by atoms with E-state index in [-0.39, 0.29) is 11.7 Å². The summed E-state index contributed by atoms with van der Waals surface area (Å²) < 4.78 is 2.30. The summed E-state index contributed by atoms with van der Waals surface area (Å²) in [5, 5.41) is 2.73. The summed E-state index contributed by atoms with van der Waals surface area (Å²) >= 11 is 0. The van der Waals surface area contributed by atoms with E-state index < -0.39 is 17.9 Å². The molecule has 2 aliphatic heterocycles. The van der Waals surface area contributed by atoms with Gasteiger partial charge < -0.3 is 14.8 Å². The third-order valence-corrected chi connectivity index (χ3v) is 6.48. The Kier molecular flexibility index (Phi) is 6.23. The first-order chi connectivity index (χ1) is 14.9. The molecule has 0 spiro atoms. The van der Waals surface area contributed by atoms with Crippen molar-refractivity contribution < 1.29 is 14.4 Å². The molecule has 2 atom stereocenters. The fraction of sp³-hybridized carbons (Fsp3) is 0.458. The van der Waals surface area contributed by atoms with Crippen LogP contribution in [-0.2, 0) is 27.3 Å². The number of aryl methyl sites for hydroxylation is 2. The van der Waals surface area contributed by atoms with Crippen LogP contribution in [0.5, 0.6) is 0 Å². The molecule has 1 N–H and O–H groups in total. The van der Waals surface area contributed by atoms with Crippen LogP contribution in [0.4, 0.5) is 0 Å². The number of carbonyl (C=O) groups excluding carboxylic acids is 3. The van der Waals surface area contributed by atoms with Crippen molar-refractivity contribution in [3.8, 4) is 0 Å². The second-order valence-electron chi connectivity index (χ2n) is 8.52. The van der Waals surface area contributed by atoms with Gasteiger partial charge in [0.1, 0.15) is 0 Å². The van der Waals surface area contributed by atoms with Crippen molar-refractivity contribution in [2.24, 2.45) is 5.92 Å². The zero-order valence-electron chi connectivity index (χ0n) is 18.2. The highest BCUT2D eigenvalue weighted by Gasteiger charge is 2.47. The largest absolute Gasteiger partial charge is 0.348 e. The molecular formula is C24H30N4O3. The number of nitrogens with one attached hydrogen (secondary N) is 1. The first kappa shape index (κ1) is 21.3. The molecule has 2 aliphatic rings. The molecule has 2 unspecified atom stereocenters. The average molecular weight is 423 g/mol. The summed E-state index contributed by atoms with van der Waals surface area (Å²) in [6.45, 7) is 8.65. The molecule has 1 aromatic heterocycles. The molecule has 0 aliphatic carbocycles. The molecule has 0 saturated carbocycles. The first-order valence-corrected chi connectivity index (χ1v) is 11.0. The van der Waals surface area contributed by atoms with Gasteiger partial charge in [0.2, 0.25) is 11.8 Å². The first-order valence-electron chi connectivity index (χ1n) is 11.0. The van der Waals surface area contributed by atoms with Gasteiger partial charge >= 0.3 is 0 Å². The van der Waals surface area contributed by atoms with Gasteiger partial charge in [0, 0.05) is 50.7 Å². The van der Waals surface area contributed by atoms with Crippen LogP contribution in [0.15, 0.2) is 42.5 Å². The monoisotopic (exact) mass is 422 g/mol. The van der Waals surface area contributed by atoms with Crippen LogP contribution in [-0.4, -0.2) is 70.7 Å². The Morgan fingerprint density at radius 1 is 0.935 bits per heavy atom. The Bertz CT molecular complexity index is 941. The van der Waals surface area contributed by atoms with E-state index in [0.717, 1.165) is 31.7 Å². The van der Waals surface area contributed by atoms with E-state index in [1.54, 1.807) is 4.90 Å². The van der Waals surface area contributed by atoms with Crippen molar-refractivity contribution in [1.29, 1.82) is 0 Å². The third-order valence-electron chi connectivity index (χ3n) is 6.48. The molecule has 3 heterocycles. The van der Waals surface area contributed by atoms with E-state index in [2.05, 4.69) is 40.8 Å². The lowest BCUT2D eigenvalue weighted by Gasteiger charge is -2.35. The predicted molar refractivity (Wildman–Crippen MR) is 117 cm³/mol. The summed E-state index contributed by atoms with van der Waals surface area (Å²) in [5.41, 5.74) is 3.47. The van der Waals surface area contributed by atoms with Gasteiger partial charge in [-0.05, 0) is 38.0 Å². The molecule has 4 rings (SSSR count). The molecule has 0 bridgehead atoms. The summed E-state index contributed by atoms with van der Waals surface area (Å²) in [6, 6.07) is 13.2. The van der Waals surface area contributed by atoms with E-state index in [0.29, 0.717) is 19.5 Å². The van der Waals surface area contributed by atoms with Crippen LogP contribution in [0.25, 0.3) is 0 Å². The molecule has 2 amide bonds. The normalized spacial score (nSPS) is 22.1. The van der Waals surface area contributed by atoms with Gasteiger partial charge in [-0.15, -0.1) is 0 Å². The van der Waals surface area contributed by atoms with Crippen molar-refractivity contribution in [3.63, 3.8) is 0 Å². The average Bonchev–Trinajstić information content (AvgIpc) is 3.24. The highest BCUT2D eigenvalue weighted by Crippen LogP contribution is 2.19. The van der Waals surface area contributed by atoms with Crippen LogP contribution >= 0.6 is 0 Å². The number of amides is 2. The second-order valence-corrected chi connectivity index (χ2v) is 8.52. The van der Waals surface area contributed by atoms with E-state index >= 15 is 0 Å². The number of benzene rings is 1. The minimum Gasteiger partial charge on any atom is -0.348 e. The highest BCUT2D eigenvalue weighted by atomic mass is 16.2. The molecular weight excluding hydrogens is 392 g/mol. The van der Waals surface area contributed by atoms with E-state index in [4.69, 9.17) is 0 Å². The Hall–Kier alpha value is -2.93. The van der Waals surface area contributed by atoms with Crippen LogP contribution < -0.4 is 5.32 Å².